The van der Waals surface area contributed by atoms with Crippen LogP contribution in [-0.4, -0.2) is 34.8 Å². The molecular weight excluding hydrogens is 202 g/mol. The van der Waals surface area contributed by atoms with Gasteiger partial charge in [-0.25, -0.2) is 4.79 Å². The molecule has 0 aliphatic rings. The van der Waals surface area contributed by atoms with E-state index in [9.17, 15) is 20.0 Å². The molecule has 0 bridgehead atoms. The Morgan fingerprint density at radius 2 is 2.13 bits per heavy atom. The van der Waals surface area contributed by atoms with E-state index in [2.05, 4.69) is 4.74 Å². The summed E-state index contributed by atoms with van der Waals surface area (Å²) in [5.74, 6) is -0.921. The predicted octanol–water partition coefficient (Wildman–Crippen LogP) is 0.746. The first-order valence-electron chi connectivity index (χ1n) is 5.02. The van der Waals surface area contributed by atoms with E-state index in [1.165, 1.54) is 0 Å². The van der Waals surface area contributed by atoms with E-state index in [0.717, 1.165) is 6.42 Å². The van der Waals surface area contributed by atoms with E-state index < -0.39 is 23.0 Å². The number of aliphatic hydroxyl groups is 1. The van der Waals surface area contributed by atoms with Crippen LogP contribution in [0.3, 0.4) is 0 Å². The molecule has 0 aliphatic carbocycles. The third-order valence-corrected chi connectivity index (χ3v) is 2.02. The molecule has 88 valence electrons. The lowest BCUT2D eigenvalue weighted by atomic mass is 10.1. The summed E-state index contributed by atoms with van der Waals surface area (Å²) in [5.41, 5.74) is 0. The molecule has 0 amide bonds. The van der Waals surface area contributed by atoms with Crippen LogP contribution in [0, 0.1) is 10.1 Å². The Hall–Kier alpha value is -1.17. The molecule has 2 atom stereocenters. The standard InChI is InChI=1S/C9H17NO5/c1-3-5-6-7(10(13)14)8(11)9(12)15-4-2/h7-8,11H,3-6H2,1-2H3. The quantitative estimate of drug-likeness (QED) is 0.387. The maximum absolute atomic E-state index is 11.1. The second-order valence-electron chi connectivity index (χ2n) is 3.19. The number of nitrogens with zero attached hydrogens (tertiary/aromatic N) is 1. The number of esters is 1. The first-order chi connectivity index (χ1) is 7.04. The molecule has 0 aromatic rings. The fourth-order valence-corrected chi connectivity index (χ4v) is 1.18. The molecule has 2 unspecified atom stereocenters. The van der Waals surface area contributed by atoms with Gasteiger partial charge in [-0.15, -0.1) is 0 Å². The Bertz CT molecular complexity index is 219. The molecule has 0 radical (unpaired) electrons. The summed E-state index contributed by atoms with van der Waals surface area (Å²) < 4.78 is 4.52. The van der Waals surface area contributed by atoms with Gasteiger partial charge in [0.05, 0.1) is 6.61 Å². The molecule has 0 aromatic heterocycles. The Labute approximate surface area is 88.4 Å². The van der Waals surface area contributed by atoms with Crippen molar-refractivity contribution in [2.24, 2.45) is 0 Å². The fourth-order valence-electron chi connectivity index (χ4n) is 1.18. The van der Waals surface area contributed by atoms with Crippen molar-refractivity contribution < 1.29 is 19.6 Å². The molecule has 15 heavy (non-hydrogen) atoms. The van der Waals surface area contributed by atoms with Crippen LogP contribution in [0.4, 0.5) is 0 Å². The van der Waals surface area contributed by atoms with E-state index >= 15 is 0 Å². The summed E-state index contributed by atoms with van der Waals surface area (Å²) in [5, 5.41) is 20.0. The molecule has 0 aliphatic heterocycles. The summed E-state index contributed by atoms with van der Waals surface area (Å²) in [6.45, 7) is 3.57. The van der Waals surface area contributed by atoms with E-state index in [0.29, 0.717) is 6.42 Å². The summed E-state index contributed by atoms with van der Waals surface area (Å²) in [6, 6.07) is -1.26. The fraction of sp³-hybridized carbons (Fsp3) is 0.889. The summed E-state index contributed by atoms with van der Waals surface area (Å²) in [7, 11) is 0. The average molecular weight is 219 g/mol. The Kier molecular flexibility index (Phi) is 6.61. The van der Waals surface area contributed by atoms with Crippen molar-refractivity contribution in [1.82, 2.24) is 0 Å². The van der Waals surface area contributed by atoms with E-state index in [1.54, 1.807) is 6.92 Å². The van der Waals surface area contributed by atoms with Crippen LogP contribution in [0.25, 0.3) is 0 Å². The van der Waals surface area contributed by atoms with Crippen LogP contribution < -0.4 is 0 Å². The number of carbonyl (C=O) groups is 1. The second-order valence-corrected chi connectivity index (χ2v) is 3.19. The number of nitro groups is 1. The molecule has 0 saturated heterocycles. The van der Waals surface area contributed by atoms with Crippen LogP contribution in [0.1, 0.15) is 33.1 Å². The van der Waals surface area contributed by atoms with Crippen LogP contribution in [-0.2, 0) is 9.53 Å². The first kappa shape index (κ1) is 13.8. The molecule has 0 fully saturated rings. The topological polar surface area (TPSA) is 89.7 Å². The molecule has 0 rings (SSSR count). The molecule has 0 spiro atoms. The van der Waals surface area contributed by atoms with Crippen molar-refractivity contribution in [3.8, 4) is 0 Å². The Morgan fingerprint density at radius 1 is 1.53 bits per heavy atom. The van der Waals surface area contributed by atoms with Crippen molar-refractivity contribution in [1.29, 1.82) is 0 Å². The molecule has 1 N–H and O–H groups in total. The van der Waals surface area contributed by atoms with Crippen molar-refractivity contribution >= 4 is 5.97 Å². The van der Waals surface area contributed by atoms with Gasteiger partial charge < -0.3 is 9.84 Å². The lowest BCUT2D eigenvalue weighted by Crippen LogP contribution is -2.40. The molecule has 0 saturated carbocycles. The predicted molar refractivity (Wildman–Crippen MR) is 52.9 cm³/mol. The van der Waals surface area contributed by atoms with Crippen molar-refractivity contribution in [2.45, 2.75) is 45.3 Å². The van der Waals surface area contributed by atoms with Gasteiger partial charge in [-0.2, -0.15) is 0 Å². The smallest absolute Gasteiger partial charge is 0.342 e. The maximum Gasteiger partial charge on any atom is 0.342 e. The zero-order chi connectivity index (χ0) is 11.8. The molecule has 6 heteroatoms. The number of hydrogen-bond acceptors (Lipinski definition) is 5. The van der Waals surface area contributed by atoms with Gasteiger partial charge >= 0.3 is 5.97 Å². The van der Waals surface area contributed by atoms with Crippen molar-refractivity contribution in [3.05, 3.63) is 10.1 Å². The molecule has 6 nitrogen and oxygen atoms in total. The van der Waals surface area contributed by atoms with Gasteiger partial charge in [0.15, 0.2) is 0 Å². The van der Waals surface area contributed by atoms with Crippen LogP contribution >= 0.6 is 0 Å². The van der Waals surface area contributed by atoms with Gasteiger partial charge in [-0.3, -0.25) is 10.1 Å². The van der Waals surface area contributed by atoms with Crippen molar-refractivity contribution in [2.75, 3.05) is 6.61 Å². The summed E-state index contributed by atoms with van der Waals surface area (Å²) >= 11 is 0. The number of hydrogen-bond donors (Lipinski definition) is 1. The molecule has 0 aromatic carbocycles. The molecule has 0 heterocycles. The number of rotatable bonds is 7. The van der Waals surface area contributed by atoms with E-state index in [4.69, 9.17) is 0 Å². The summed E-state index contributed by atoms with van der Waals surface area (Å²) in [6.07, 6.45) is -0.0997. The van der Waals surface area contributed by atoms with Crippen LogP contribution in [0.15, 0.2) is 0 Å². The highest BCUT2D eigenvalue weighted by Gasteiger charge is 2.35. The SMILES string of the molecule is CCCCC(C(O)C(=O)OCC)[N+](=O)[O-]. The lowest BCUT2D eigenvalue weighted by molar-refractivity contribution is -0.532. The third-order valence-electron chi connectivity index (χ3n) is 2.02. The number of carbonyl (C=O) groups excluding carboxylic acids is 1. The van der Waals surface area contributed by atoms with Gasteiger partial charge in [0.1, 0.15) is 0 Å². The van der Waals surface area contributed by atoms with Gasteiger partial charge in [-0.1, -0.05) is 13.3 Å². The number of unbranched alkanes of at least 4 members (excludes halogenated alkanes) is 1. The normalized spacial score (nSPS) is 14.3. The maximum atomic E-state index is 11.1. The highest BCUT2D eigenvalue weighted by molar-refractivity contribution is 5.75. The van der Waals surface area contributed by atoms with Gasteiger partial charge in [0.25, 0.3) is 0 Å². The third kappa shape index (κ3) is 4.73. The zero-order valence-corrected chi connectivity index (χ0v) is 9.01. The Balaban J connectivity index is 4.33. The first-order valence-corrected chi connectivity index (χ1v) is 5.02. The largest absolute Gasteiger partial charge is 0.464 e. The Morgan fingerprint density at radius 3 is 2.53 bits per heavy atom. The van der Waals surface area contributed by atoms with E-state index in [-0.39, 0.29) is 13.0 Å². The highest BCUT2D eigenvalue weighted by Crippen LogP contribution is 2.10. The van der Waals surface area contributed by atoms with E-state index in [1.807, 2.05) is 6.92 Å². The van der Waals surface area contributed by atoms with Gasteiger partial charge in [0, 0.05) is 11.3 Å². The minimum Gasteiger partial charge on any atom is -0.464 e. The van der Waals surface area contributed by atoms with Crippen LogP contribution in [0.2, 0.25) is 0 Å². The molecular formula is C9H17NO5. The second kappa shape index (κ2) is 7.17. The van der Waals surface area contributed by atoms with Crippen LogP contribution in [0.5, 0.6) is 0 Å². The average Bonchev–Trinajstić information content (AvgIpc) is 2.18. The monoisotopic (exact) mass is 219 g/mol. The zero-order valence-electron chi connectivity index (χ0n) is 9.01. The minimum absolute atomic E-state index is 0.105. The summed E-state index contributed by atoms with van der Waals surface area (Å²) in [4.78, 5) is 21.0. The lowest BCUT2D eigenvalue weighted by Gasteiger charge is -2.14. The number of ether oxygens (including phenoxy) is 1. The van der Waals surface area contributed by atoms with Gasteiger partial charge in [0.2, 0.25) is 12.1 Å². The minimum atomic E-state index is -1.66. The van der Waals surface area contributed by atoms with Crippen molar-refractivity contribution in [3.63, 3.8) is 0 Å². The highest BCUT2D eigenvalue weighted by atomic mass is 16.6. The van der Waals surface area contributed by atoms with Gasteiger partial charge in [-0.05, 0) is 13.3 Å². The number of aliphatic hydroxyl groups excluding tert-OH is 1.